The summed E-state index contributed by atoms with van der Waals surface area (Å²) in [5.41, 5.74) is 12.8. The molecule has 9 nitrogen and oxygen atoms in total. The second kappa shape index (κ2) is 11.8. The van der Waals surface area contributed by atoms with Crippen molar-refractivity contribution < 1.29 is 27.4 Å². The van der Waals surface area contributed by atoms with Gasteiger partial charge in [-0.2, -0.15) is 4.98 Å². The molecule has 7 N–H and O–H groups in total. The number of rotatable bonds is 9. The van der Waals surface area contributed by atoms with Gasteiger partial charge in [-0.25, -0.2) is 9.18 Å². The van der Waals surface area contributed by atoms with E-state index in [1.807, 2.05) is 6.92 Å². The zero-order valence-corrected chi connectivity index (χ0v) is 22.8. The van der Waals surface area contributed by atoms with Crippen LogP contribution in [0.25, 0.3) is 28.0 Å². The Morgan fingerprint density at radius 1 is 1.21 bits per heavy atom. The van der Waals surface area contributed by atoms with E-state index in [1.54, 1.807) is 24.3 Å². The summed E-state index contributed by atoms with van der Waals surface area (Å²) in [7, 11) is 0. The Bertz CT molecular complexity index is 1620. The fourth-order valence-corrected chi connectivity index (χ4v) is 5.25. The molecule has 5 rings (SSSR count). The lowest BCUT2D eigenvalue weighted by atomic mass is 10.00. The van der Waals surface area contributed by atoms with Crippen molar-refractivity contribution >= 4 is 11.0 Å². The molecule has 0 amide bonds. The number of nitrogens with zero attached hydrogens (tertiary/aromatic N) is 2. The molecule has 224 valence electrons. The number of hydrogen-bond donors (Lipinski definition) is 5. The van der Waals surface area contributed by atoms with Gasteiger partial charge in [0, 0.05) is 41.8 Å². The zero-order valence-electron chi connectivity index (χ0n) is 22.8. The highest BCUT2D eigenvalue weighted by molar-refractivity contribution is 5.83. The summed E-state index contributed by atoms with van der Waals surface area (Å²) < 4.78 is 59.7. The van der Waals surface area contributed by atoms with Crippen LogP contribution in [0.5, 0.6) is 5.75 Å². The van der Waals surface area contributed by atoms with Crippen LogP contribution >= 0.6 is 0 Å². The fourth-order valence-electron chi connectivity index (χ4n) is 5.25. The fraction of sp³-hybridized carbons (Fsp3) is 0.379. The van der Waals surface area contributed by atoms with Gasteiger partial charge in [0.25, 0.3) is 0 Å². The average Bonchev–Trinajstić information content (AvgIpc) is 3.54. The molecule has 0 spiro atoms. The lowest BCUT2D eigenvalue weighted by Gasteiger charge is -2.19. The van der Waals surface area contributed by atoms with Gasteiger partial charge in [-0.15, -0.1) is 13.2 Å². The van der Waals surface area contributed by atoms with Crippen LogP contribution in [0.1, 0.15) is 43.4 Å². The Labute approximate surface area is 238 Å². The van der Waals surface area contributed by atoms with E-state index in [4.69, 9.17) is 11.5 Å². The summed E-state index contributed by atoms with van der Waals surface area (Å²) in [6, 6.07) is 10.5. The monoisotopic (exact) mass is 588 g/mol. The summed E-state index contributed by atoms with van der Waals surface area (Å²) in [5.74, 6) is -2.14. The molecular weight excluding hydrogens is 556 g/mol. The number of aryl methyl sites for hydroxylation is 1. The van der Waals surface area contributed by atoms with Crippen LogP contribution in [-0.4, -0.2) is 50.7 Å². The van der Waals surface area contributed by atoms with Gasteiger partial charge in [0.15, 0.2) is 11.6 Å². The Morgan fingerprint density at radius 2 is 1.95 bits per heavy atom. The number of halogens is 4. The largest absolute Gasteiger partial charge is 0.573 e. The molecule has 13 heteroatoms. The van der Waals surface area contributed by atoms with Crippen molar-refractivity contribution in [3.05, 3.63) is 76.1 Å². The first-order valence-corrected chi connectivity index (χ1v) is 13.6. The lowest BCUT2D eigenvalue weighted by molar-refractivity contribution is -0.275. The van der Waals surface area contributed by atoms with E-state index < -0.39 is 29.7 Å². The standard InChI is InChI=1S/C29H32F4N6O3/c1-15(34)3-2-4-16-9-21(25(30)24(10-16)42-29(31,32)33)22-11-18-14-39(28(41)38-27(18)37-22)20-7-5-17(6-8-20)26(40)23-12-19(35)13-36-23/h5-11,14-15,19,23,26,36,40H,2-4,12-13,34-35H2,1H3,(H,37,38,41)/t15-,19+,23-,26?/m0/s1. The van der Waals surface area contributed by atoms with Crippen LogP contribution < -0.4 is 27.2 Å². The molecule has 0 saturated carbocycles. The van der Waals surface area contributed by atoms with Crippen molar-refractivity contribution in [2.24, 2.45) is 11.5 Å². The number of aliphatic hydroxyl groups is 1. The highest BCUT2D eigenvalue weighted by atomic mass is 19.4. The molecule has 2 aromatic heterocycles. The number of nitrogens with two attached hydrogens (primary N) is 2. The van der Waals surface area contributed by atoms with Gasteiger partial charge in [0.1, 0.15) is 5.65 Å². The maximum atomic E-state index is 15.3. The van der Waals surface area contributed by atoms with Crippen molar-refractivity contribution in [1.29, 1.82) is 0 Å². The van der Waals surface area contributed by atoms with Crippen LogP contribution in [0.2, 0.25) is 0 Å². The molecule has 2 aromatic carbocycles. The van der Waals surface area contributed by atoms with E-state index in [-0.39, 0.29) is 35.0 Å². The number of aromatic amines is 1. The predicted molar refractivity (Wildman–Crippen MR) is 150 cm³/mol. The van der Waals surface area contributed by atoms with Gasteiger partial charge < -0.3 is 31.6 Å². The number of hydrogen-bond acceptors (Lipinski definition) is 7. The normalized spacial score (nSPS) is 18.9. The highest BCUT2D eigenvalue weighted by Crippen LogP contribution is 2.35. The first-order valence-electron chi connectivity index (χ1n) is 13.6. The second-order valence-corrected chi connectivity index (χ2v) is 10.8. The van der Waals surface area contributed by atoms with Crippen molar-refractivity contribution in [2.45, 2.75) is 63.2 Å². The Kier molecular flexibility index (Phi) is 8.37. The van der Waals surface area contributed by atoms with Crippen LogP contribution in [0.4, 0.5) is 17.6 Å². The number of alkyl halides is 3. The van der Waals surface area contributed by atoms with Crippen LogP contribution in [0.15, 0.2) is 53.5 Å². The van der Waals surface area contributed by atoms with Gasteiger partial charge in [0.2, 0.25) is 0 Å². The molecule has 4 aromatic rings. The summed E-state index contributed by atoms with van der Waals surface area (Å²) in [5, 5.41) is 14.3. The van der Waals surface area contributed by atoms with Gasteiger partial charge in [-0.05, 0) is 74.1 Å². The molecule has 42 heavy (non-hydrogen) atoms. The number of aliphatic hydroxyl groups excluding tert-OH is 1. The Balaban J connectivity index is 1.47. The molecule has 1 fully saturated rings. The number of ether oxygens (including phenoxy) is 1. The van der Waals surface area contributed by atoms with E-state index in [0.29, 0.717) is 54.4 Å². The van der Waals surface area contributed by atoms with Crippen LogP contribution in [0.3, 0.4) is 0 Å². The van der Waals surface area contributed by atoms with E-state index >= 15 is 4.39 Å². The molecule has 1 aliphatic heterocycles. The second-order valence-electron chi connectivity index (χ2n) is 10.8. The topological polar surface area (TPSA) is 144 Å². The van der Waals surface area contributed by atoms with Crippen molar-refractivity contribution in [2.75, 3.05) is 6.54 Å². The Morgan fingerprint density at radius 3 is 2.60 bits per heavy atom. The molecule has 3 heterocycles. The molecule has 1 unspecified atom stereocenters. The van der Waals surface area contributed by atoms with Gasteiger partial charge in [0.05, 0.1) is 17.5 Å². The Hall–Kier alpha value is -3.78. The zero-order chi connectivity index (χ0) is 30.2. The molecular formula is C29H32F4N6O3. The predicted octanol–water partition coefficient (Wildman–Crippen LogP) is 3.81. The lowest BCUT2D eigenvalue weighted by Crippen LogP contribution is -2.28. The summed E-state index contributed by atoms with van der Waals surface area (Å²) in [6.45, 7) is 2.45. The summed E-state index contributed by atoms with van der Waals surface area (Å²) >= 11 is 0. The van der Waals surface area contributed by atoms with Crippen molar-refractivity contribution in [3.63, 3.8) is 0 Å². The number of H-pyrrole nitrogens is 1. The highest BCUT2D eigenvalue weighted by Gasteiger charge is 2.33. The average molecular weight is 589 g/mol. The molecule has 0 bridgehead atoms. The first-order chi connectivity index (χ1) is 19.9. The smallest absolute Gasteiger partial charge is 0.403 e. The molecule has 0 radical (unpaired) electrons. The van der Waals surface area contributed by atoms with Crippen molar-refractivity contribution in [1.82, 2.24) is 19.9 Å². The minimum atomic E-state index is -5.08. The molecule has 4 atom stereocenters. The van der Waals surface area contributed by atoms with Crippen LogP contribution in [0, 0.1) is 5.82 Å². The maximum Gasteiger partial charge on any atom is 0.573 e. The minimum Gasteiger partial charge on any atom is -0.403 e. The number of nitrogens with one attached hydrogen (secondary N) is 2. The molecule has 1 saturated heterocycles. The van der Waals surface area contributed by atoms with Crippen LogP contribution in [-0.2, 0) is 6.42 Å². The molecule has 0 aliphatic carbocycles. The van der Waals surface area contributed by atoms with E-state index in [9.17, 15) is 23.1 Å². The quantitative estimate of drug-likeness (QED) is 0.187. The third-order valence-electron chi connectivity index (χ3n) is 7.34. The number of aromatic nitrogens is 3. The summed E-state index contributed by atoms with van der Waals surface area (Å²) in [4.78, 5) is 19.8. The van der Waals surface area contributed by atoms with Gasteiger partial charge in [-0.3, -0.25) is 4.57 Å². The van der Waals surface area contributed by atoms with Gasteiger partial charge in [-0.1, -0.05) is 12.1 Å². The SMILES string of the molecule is C[C@H](N)CCCc1cc(OC(F)(F)F)c(F)c(-c2cc3cn(-c4ccc(C(O)[C@@H]5C[C@@H](N)CN5)cc4)c(=O)nc3[nH]2)c1. The maximum absolute atomic E-state index is 15.3. The summed E-state index contributed by atoms with van der Waals surface area (Å²) in [6.07, 6.45) is -2.13. The number of benzene rings is 2. The first kappa shape index (κ1) is 29.7. The third kappa shape index (κ3) is 6.65. The van der Waals surface area contributed by atoms with E-state index in [0.717, 1.165) is 6.07 Å². The van der Waals surface area contributed by atoms with Crippen molar-refractivity contribution in [3.8, 4) is 22.7 Å². The van der Waals surface area contributed by atoms with Gasteiger partial charge >= 0.3 is 12.1 Å². The van der Waals surface area contributed by atoms with E-state index in [1.165, 1.54) is 22.9 Å². The van der Waals surface area contributed by atoms with E-state index in [2.05, 4.69) is 20.0 Å². The number of fused-ring (bicyclic) bond motifs is 1. The third-order valence-corrected chi connectivity index (χ3v) is 7.34. The minimum absolute atomic E-state index is 0.0220. The molecule has 1 aliphatic rings.